The molecule has 4 aromatic rings. The third-order valence-corrected chi connectivity index (χ3v) is 5.58. The first-order chi connectivity index (χ1) is 12.7. The first-order valence-electron chi connectivity index (χ1n) is 8.86. The van der Waals surface area contributed by atoms with Crippen LogP contribution in [-0.4, -0.2) is 14.8 Å². The standard InChI is InChI=1S/C22H21N3S/c1-3-17-9-12-21(13-10-17)25-16(2)23-24-22(25)26-15-18-8-11-19-6-4-5-7-20(19)14-18/h4-14H,3,15H2,1-2H3. The second-order valence-corrected chi connectivity index (χ2v) is 7.30. The number of thioether (sulfide) groups is 1. The molecule has 0 aliphatic heterocycles. The largest absolute Gasteiger partial charge is 0.274 e. The van der Waals surface area contributed by atoms with E-state index in [1.807, 2.05) is 6.92 Å². The highest BCUT2D eigenvalue weighted by molar-refractivity contribution is 7.98. The number of rotatable bonds is 5. The summed E-state index contributed by atoms with van der Waals surface area (Å²) in [6, 6.07) is 23.7. The molecule has 0 radical (unpaired) electrons. The molecule has 130 valence electrons. The van der Waals surface area contributed by atoms with Crippen molar-refractivity contribution in [3.63, 3.8) is 0 Å². The van der Waals surface area contributed by atoms with Crippen LogP contribution in [0.25, 0.3) is 16.5 Å². The lowest BCUT2D eigenvalue weighted by Gasteiger charge is -2.09. The minimum Gasteiger partial charge on any atom is -0.274 e. The van der Waals surface area contributed by atoms with Crippen molar-refractivity contribution >= 4 is 22.5 Å². The van der Waals surface area contributed by atoms with E-state index in [2.05, 4.69) is 88.4 Å². The Morgan fingerprint density at radius 1 is 0.846 bits per heavy atom. The van der Waals surface area contributed by atoms with Crippen LogP contribution in [0.1, 0.15) is 23.9 Å². The number of aryl methyl sites for hydroxylation is 2. The van der Waals surface area contributed by atoms with Crippen LogP contribution in [0, 0.1) is 6.92 Å². The van der Waals surface area contributed by atoms with Crippen molar-refractivity contribution in [2.75, 3.05) is 0 Å². The highest BCUT2D eigenvalue weighted by Crippen LogP contribution is 2.26. The molecule has 1 aromatic heterocycles. The maximum Gasteiger partial charge on any atom is 0.196 e. The molecular formula is C22H21N3S. The fraction of sp³-hybridized carbons (Fsp3) is 0.182. The van der Waals surface area contributed by atoms with Gasteiger partial charge in [0, 0.05) is 11.4 Å². The van der Waals surface area contributed by atoms with E-state index in [0.29, 0.717) is 0 Å². The van der Waals surface area contributed by atoms with Crippen molar-refractivity contribution in [1.29, 1.82) is 0 Å². The monoisotopic (exact) mass is 359 g/mol. The summed E-state index contributed by atoms with van der Waals surface area (Å²) in [6.45, 7) is 4.17. The molecular weight excluding hydrogens is 338 g/mol. The predicted octanol–water partition coefficient (Wildman–Crippen LogP) is 5.58. The van der Waals surface area contributed by atoms with Crippen molar-refractivity contribution in [2.45, 2.75) is 31.2 Å². The van der Waals surface area contributed by atoms with Crippen molar-refractivity contribution in [1.82, 2.24) is 14.8 Å². The lowest BCUT2D eigenvalue weighted by atomic mass is 10.1. The van der Waals surface area contributed by atoms with Gasteiger partial charge in [-0.15, -0.1) is 10.2 Å². The van der Waals surface area contributed by atoms with Gasteiger partial charge in [-0.1, -0.05) is 73.3 Å². The Hall–Kier alpha value is -2.59. The molecule has 3 nitrogen and oxygen atoms in total. The van der Waals surface area contributed by atoms with Gasteiger partial charge in [-0.3, -0.25) is 4.57 Å². The van der Waals surface area contributed by atoms with Gasteiger partial charge in [-0.05, 0) is 47.4 Å². The SMILES string of the molecule is CCc1ccc(-n2c(C)nnc2SCc2ccc3ccccc3c2)cc1. The van der Waals surface area contributed by atoms with Gasteiger partial charge in [0.2, 0.25) is 0 Å². The first kappa shape index (κ1) is 16.9. The molecule has 0 spiro atoms. The zero-order valence-electron chi connectivity index (χ0n) is 15.0. The Labute approximate surface area is 158 Å². The zero-order chi connectivity index (χ0) is 17.9. The number of hydrogen-bond donors (Lipinski definition) is 0. The number of benzene rings is 3. The average molecular weight is 359 g/mol. The Morgan fingerprint density at radius 3 is 2.35 bits per heavy atom. The van der Waals surface area contributed by atoms with E-state index < -0.39 is 0 Å². The van der Waals surface area contributed by atoms with Crippen LogP contribution < -0.4 is 0 Å². The van der Waals surface area contributed by atoms with Gasteiger partial charge in [0.1, 0.15) is 5.82 Å². The van der Waals surface area contributed by atoms with E-state index >= 15 is 0 Å². The molecule has 1 heterocycles. The normalized spacial score (nSPS) is 11.2. The zero-order valence-corrected chi connectivity index (χ0v) is 15.8. The number of fused-ring (bicyclic) bond motifs is 1. The van der Waals surface area contributed by atoms with Gasteiger partial charge in [0.15, 0.2) is 5.16 Å². The third kappa shape index (κ3) is 3.37. The maximum absolute atomic E-state index is 4.39. The van der Waals surface area contributed by atoms with Gasteiger partial charge in [-0.2, -0.15) is 0 Å². The Bertz CT molecular complexity index is 1030. The molecule has 4 rings (SSSR count). The Morgan fingerprint density at radius 2 is 1.58 bits per heavy atom. The Balaban J connectivity index is 1.58. The van der Waals surface area contributed by atoms with Crippen LogP contribution in [-0.2, 0) is 12.2 Å². The van der Waals surface area contributed by atoms with E-state index in [0.717, 1.165) is 28.8 Å². The second kappa shape index (κ2) is 7.34. The van der Waals surface area contributed by atoms with Crippen molar-refractivity contribution in [3.05, 3.63) is 83.7 Å². The van der Waals surface area contributed by atoms with E-state index in [-0.39, 0.29) is 0 Å². The van der Waals surface area contributed by atoms with Gasteiger partial charge < -0.3 is 0 Å². The topological polar surface area (TPSA) is 30.7 Å². The van der Waals surface area contributed by atoms with E-state index in [4.69, 9.17) is 0 Å². The van der Waals surface area contributed by atoms with Gasteiger partial charge in [-0.25, -0.2) is 0 Å². The smallest absolute Gasteiger partial charge is 0.196 e. The van der Waals surface area contributed by atoms with Gasteiger partial charge >= 0.3 is 0 Å². The summed E-state index contributed by atoms with van der Waals surface area (Å²) in [5.74, 6) is 1.78. The van der Waals surface area contributed by atoms with Crippen LogP contribution in [0.15, 0.2) is 71.9 Å². The first-order valence-corrected chi connectivity index (χ1v) is 9.85. The summed E-state index contributed by atoms with van der Waals surface area (Å²) in [5.41, 5.74) is 3.75. The summed E-state index contributed by atoms with van der Waals surface area (Å²) in [5, 5.41) is 12.2. The molecule has 3 aromatic carbocycles. The van der Waals surface area contributed by atoms with E-state index in [1.54, 1.807) is 11.8 Å². The molecule has 4 heteroatoms. The summed E-state index contributed by atoms with van der Waals surface area (Å²) in [4.78, 5) is 0. The van der Waals surface area contributed by atoms with Crippen molar-refractivity contribution in [3.8, 4) is 5.69 Å². The molecule has 0 aliphatic carbocycles. The molecule has 0 fully saturated rings. The average Bonchev–Trinajstić information content (AvgIpc) is 3.06. The summed E-state index contributed by atoms with van der Waals surface area (Å²) in [6.07, 6.45) is 1.05. The molecule has 0 saturated heterocycles. The highest BCUT2D eigenvalue weighted by Gasteiger charge is 2.11. The van der Waals surface area contributed by atoms with Gasteiger partial charge in [0.05, 0.1) is 0 Å². The summed E-state index contributed by atoms with van der Waals surface area (Å²) in [7, 11) is 0. The fourth-order valence-corrected chi connectivity index (χ4v) is 4.03. The predicted molar refractivity (Wildman–Crippen MR) is 109 cm³/mol. The van der Waals surface area contributed by atoms with Crippen LogP contribution >= 0.6 is 11.8 Å². The molecule has 0 saturated carbocycles. The lowest BCUT2D eigenvalue weighted by molar-refractivity contribution is 0.867. The Kier molecular flexibility index (Phi) is 4.76. The van der Waals surface area contributed by atoms with Crippen molar-refractivity contribution in [2.24, 2.45) is 0 Å². The minimum absolute atomic E-state index is 0.871. The minimum atomic E-state index is 0.871. The van der Waals surface area contributed by atoms with E-state index in [1.165, 1.54) is 21.9 Å². The number of hydrogen-bond acceptors (Lipinski definition) is 3. The van der Waals surface area contributed by atoms with Crippen LogP contribution in [0.4, 0.5) is 0 Å². The highest BCUT2D eigenvalue weighted by atomic mass is 32.2. The molecule has 0 unspecified atom stereocenters. The number of aromatic nitrogens is 3. The maximum atomic E-state index is 4.39. The van der Waals surface area contributed by atoms with Crippen LogP contribution in [0.3, 0.4) is 0 Å². The van der Waals surface area contributed by atoms with Crippen LogP contribution in [0.5, 0.6) is 0 Å². The van der Waals surface area contributed by atoms with Crippen LogP contribution in [0.2, 0.25) is 0 Å². The molecule has 0 N–H and O–H groups in total. The fourth-order valence-electron chi connectivity index (χ4n) is 3.09. The second-order valence-electron chi connectivity index (χ2n) is 6.36. The third-order valence-electron chi connectivity index (χ3n) is 4.58. The van der Waals surface area contributed by atoms with Gasteiger partial charge in [0.25, 0.3) is 0 Å². The molecule has 0 amide bonds. The lowest BCUT2D eigenvalue weighted by Crippen LogP contribution is -1.99. The molecule has 0 aliphatic rings. The summed E-state index contributed by atoms with van der Waals surface area (Å²) < 4.78 is 2.13. The molecule has 0 bridgehead atoms. The van der Waals surface area contributed by atoms with Crippen molar-refractivity contribution < 1.29 is 0 Å². The van der Waals surface area contributed by atoms with E-state index in [9.17, 15) is 0 Å². The number of nitrogens with zero attached hydrogens (tertiary/aromatic N) is 3. The molecule has 26 heavy (non-hydrogen) atoms. The quantitative estimate of drug-likeness (QED) is 0.436. The summed E-state index contributed by atoms with van der Waals surface area (Å²) >= 11 is 1.72. The molecule has 0 atom stereocenters.